The summed E-state index contributed by atoms with van der Waals surface area (Å²) in [5, 5.41) is 13.4. The fraction of sp³-hybridized carbons (Fsp3) is 0.0392. The molecule has 3 N–H and O–H groups in total. The van der Waals surface area contributed by atoms with Gasteiger partial charge < -0.3 is 15.7 Å². The largest absolute Gasteiger partial charge is 0.397 e. The SMILES string of the molecule is CCO.O=C1Nc2ccccc2/C1=C/c1ccc2cccccc1-2.O=C1Nc2ccccc2/C1=C\c1ccc2cccccc1-2.O=Cc1ccc2cccccc1-2. The molecule has 8 aliphatic rings. The van der Waals surface area contributed by atoms with Crippen LogP contribution in [0.5, 0.6) is 0 Å². The zero-order valence-corrected chi connectivity index (χ0v) is 31.4. The van der Waals surface area contributed by atoms with Gasteiger partial charge in [0.25, 0.3) is 11.8 Å². The van der Waals surface area contributed by atoms with Gasteiger partial charge in [-0.1, -0.05) is 164 Å². The standard InChI is InChI=1S/2C19H13NO.C11H8O.C2H6O/c2*21-19-17(16-8-4-5-9-18(16)20-19)12-14-11-10-13-6-2-1-3-7-15(13)14;12-8-10-7-6-9-4-2-1-3-5-11(9)10;1-2-3/h2*1-12H,(H,20,21);1-8H;3H,2H2,1H3/b17-12+;17-12-;;. The molecule has 0 aromatic heterocycles. The van der Waals surface area contributed by atoms with Crippen LogP contribution in [0, 0.1) is 0 Å². The molecule has 6 aliphatic carbocycles. The lowest BCUT2D eigenvalue weighted by Gasteiger charge is -1.99. The minimum absolute atomic E-state index is 0.0362. The molecule has 0 spiro atoms. The fourth-order valence-electron chi connectivity index (χ4n) is 6.95. The summed E-state index contributed by atoms with van der Waals surface area (Å²) in [5.74, 6) is -0.0725. The molecule has 0 saturated heterocycles. The Bertz CT molecular complexity index is 2510. The van der Waals surface area contributed by atoms with Gasteiger partial charge in [-0.3, -0.25) is 14.4 Å². The lowest BCUT2D eigenvalue weighted by molar-refractivity contribution is -0.111. The lowest BCUT2D eigenvalue weighted by Crippen LogP contribution is -2.03. The number of carbonyl (C=O) groups is 3. The Balaban J connectivity index is 0.000000131. The molecule has 6 heteroatoms. The van der Waals surface area contributed by atoms with Gasteiger partial charge in [0.1, 0.15) is 0 Å². The van der Waals surface area contributed by atoms with Gasteiger partial charge in [0.2, 0.25) is 0 Å². The van der Waals surface area contributed by atoms with Gasteiger partial charge in [-0.05, 0) is 75.7 Å². The van der Waals surface area contributed by atoms with E-state index in [-0.39, 0.29) is 18.4 Å². The molecule has 10 rings (SSSR count). The molecular formula is C51H40N2O4. The van der Waals surface area contributed by atoms with Gasteiger partial charge >= 0.3 is 0 Å². The number of aliphatic hydroxyl groups is 1. The van der Waals surface area contributed by atoms with E-state index in [1.54, 1.807) is 6.92 Å². The van der Waals surface area contributed by atoms with Gasteiger partial charge in [0.05, 0.1) is 0 Å². The Morgan fingerprint density at radius 1 is 0.421 bits per heavy atom. The number of nitrogens with one attached hydrogen (secondary N) is 2. The van der Waals surface area contributed by atoms with E-state index in [0.29, 0.717) is 0 Å². The number of anilines is 2. The first-order valence-electron chi connectivity index (χ1n) is 18.7. The molecule has 0 unspecified atom stereocenters. The maximum absolute atomic E-state index is 12.2. The Morgan fingerprint density at radius 2 is 0.737 bits per heavy atom. The highest BCUT2D eigenvalue weighted by atomic mass is 16.2. The van der Waals surface area contributed by atoms with Crippen LogP contribution in [0.2, 0.25) is 0 Å². The minimum atomic E-state index is -0.0362. The van der Waals surface area contributed by atoms with Crippen molar-refractivity contribution in [3.05, 3.63) is 204 Å². The van der Waals surface area contributed by atoms with E-state index in [4.69, 9.17) is 5.11 Å². The number of hydrogen-bond acceptors (Lipinski definition) is 4. The summed E-state index contributed by atoms with van der Waals surface area (Å²) in [6.07, 6.45) is 4.84. The smallest absolute Gasteiger partial charge is 0.256 e. The summed E-state index contributed by atoms with van der Waals surface area (Å²) < 4.78 is 0. The van der Waals surface area contributed by atoms with Gasteiger partial charge in [-0.2, -0.15) is 0 Å². The zero-order chi connectivity index (χ0) is 39.6. The summed E-state index contributed by atoms with van der Waals surface area (Å²) in [5.41, 5.74) is 14.9. The molecule has 0 bridgehead atoms. The molecule has 2 aromatic carbocycles. The van der Waals surface area contributed by atoms with Crippen LogP contribution < -0.4 is 10.6 Å². The Kier molecular flexibility index (Phi) is 11.8. The van der Waals surface area contributed by atoms with Crippen molar-refractivity contribution in [2.45, 2.75) is 6.92 Å². The molecule has 0 fully saturated rings. The van der Waals surface area contributed by atoms with Crippen molar-refractivity contribution in [1.82, 2.24) is 0 Å². The quantitative estimate of drug-likeness (QED) is 0.124. The second kappa shape index (κ2) is 17.8. The second-order valence-corrected chi connectivity index (χ2v) is 13.3. The molecule has 2 aromatic rings. The molecule has 0 atom stereocenters. The van der Waals surface area contributed by atoms with Crippen LogP contribution in [0.4, 0.5) is 11.4 Å². The summed E-state index contributed by atoms with van der Waals surface area (Å²) in [7, 11) is 0. The highest BCUT2D eigenvalue weighted by Crippen LogP contribution is 2.37. The van der Waals surface area contributed by atoms with Crippen molar-refractivity contribution in [2.75, 3.05) is 17.2 Å². The number of para-hydroxylation sites is 2. The molecule has 2 heterocycles. The maximum atomic E-state index is 12.2. The van der Waals surface area contributed by atoms with Crippen LogP contribution >= 0.6 is 0 Å². The van der Waals surface area contributed by atoms with Crippen LogP contribution in [0.25, 0.3) is 56.7 Å². The van der Waals surface area contributed by atoms with E-state index >= 15 is 0 Å². The first-order valence-corrected chi connectivity index (χ1v) is 18.7. The molecule has 0 saturated carbocycles. The van der Waals surface area contributed by atoms with Crippen LogP contribution in [0.3, 0.4) is 0 Å². The van der Waals surface area contributed by atoms with Gasteiger partial charge in [0.15, 0.2) is 6.29 Å². The zero-order valence-electron chi connectivity index (χ0n) is 31.4. The molecule has 6 nitrogen and oxygen atoms in total. The highest BCUT2D eigenvalue weighted by molar-refractivity contribution is 6.36. The van der Waals surface area contributed by atoms with Crippen molar-refractivity contribution in [3.63, 3.8) is 0 Å². The van der Waals surface area contributed by atoms with Crippen LogP contribution in [-0.4, -0.2) is 29.8 Å². The normalized spacial score (nSPS) is 13.6. The summed E-state index contributed by atoms with van der Waals surface area (Å²) >= 11 is 0. The Hall–Kier alpha value is -7.41. The second-order valence-electron chi connectivity index (χ2n) is 13.3. The number of benzene rings is 2. The van der Waals surface area contributed by atoms with Crippen molar-refractivity contribution in [3.8, 4) is 33.4 Å². The third-order valence-corrected chi connectivity index (χ3v) is 9.62. The van der Waals surface area contributed by atoms with Crippen molar-refractivity contribution >= 4 is 52.8 Å². The van der Waals surface area contributed by atoms with E-state index in [2.05, 4.69) is 59.2 Å². The van der Waals surface area contributed by atoms with E-state index in [0.717, 1.165) is 78.9 Å². The summed E-state index contributed by atoms with van der Waals surface area (Å²) in [6.45, 7) is 1.93. The summed E-state index contributed by atoms with van der Waals surface area (Å²) in [4.78, 5) is 34.9. The lowest BCUT2D eigenvalue weighted by atomic mass is 10.0. The first-order chi connectivity index (χ1) is 28.0. The van der Waals surface area contributed by atoms with Gasteiger partial charge in [-0.25, -0.2) is 0 Å². The molecule has 2 amide bonds. The van der Waals surface area contributed by atoms with Crippen LogP contribution in [0.1, 0.15) is 39.5 Å². The van der Waals surface area contributed by atoms with E-state index in [1.165, 1.54) is 11.1 Å². The third kappa shape index (κ3) is 8.47. The van der Waals surface area contributed by atoms with Crippen LogP contribution in [-0.2, 0) is 9.59 Å². The van der Waals surface area contributed by atoms with Crippen LogP contribution in [0.15, 0.2) is 176 Å². The topological polar surface area (TPSA) is 95.5 Å². The predicted octanol–water partition coefficient (Wildman–Crippen LogP) is 11.2. The third-order valence-electron chi connectivity index (χ3n) is 9.62. The number of amides is 2. The van der Waals surface area contributed by atoms with E-state index in [9.17, 15) is 14.4 Å². The molecule has 57 heavy (non-hydrogen) atoms. The number of aliphatic hydroxyl groups excluding tert-OH is 1. The maximum Gasteiger partial charge on any atom is 0.256 e. The van der Waals surface area contributed by atoms with Gasteiger partial charge in [-0.15, -0.1) is 0 Å². The van der Waals surface area contributed by atoms with Gasteiger partial charge in [0, 0.05) is 45.8 Å². The Labute approximate surface area is 332 Å². The number of rotatable bonds is 3. The first kappa shape index (κ1) is 37.9. The number of hydrogen-bond donors (Lipinski definition) is 3. The monoisotopic (exact) mass is 744 g/mol. The van der Waals surface area contributed by atoms with E-state index in [1.807, 2.05) is 140 Å². The Morgan fingerprint density at radius 3 is 1.14 bits per heavy atom. The fourth-order valence-corrected chi connectivity index (χ4v) is 6.95. The highest BCUT2D eigenvalue weighted by Gasteiger charge is 2.25. The summed E-state index contributed by atoms with van der Waals surface area (Å²) in [6, 6.07) is 57.9. The molecule has 0 radical (unpaired) electrons. The molecular weight excluding hydrogens is 705 g/mol. The van der Waals surface area contributed by atoms with Crippen molar-refractivity contribution in [2.24, 2.45) is 0 Å². The number of aldehydes is 1. The number of carbonyl (C=O) groups excluding carboxylic acids is 3. The predicted molar refractivity (Wildman–Crippen MR) is 233 cm³/mol. The van der Waals surface area contributed by atoms with Crippen molar-refractivity contribution in [1.29, 1.82) is 0 Å². The van der Waals surface area contributed by atoms with E-state index < -0.39 is 0 Å². The molecule has 278 valence electrons. The number of fused-ring (bicyclic) bond motifs is 5. The average Bonchev–Trinajstić information content (AvgIpc) is 3.92. The molecule has 2 aliphatic heterocycles. The minimum Gasteiger partial charge on any atom is -0.397 e. The van der Waals surface area contributed by atoms with Crippen molar-refractivity contribution < 1.29 is 19.5 Å². The average molecular weight is 745 g/mol.